The van der Waals surface area contributed by atoms with Gasteiger partial charge in [0.15, 0.2) is 0 Å². The van der Waals surface area contributed by atoms with Crippen LogP contribution in [0.25, 0.3) is 0 Å². The van der Waals surface area contributed by atoms with Crippen LogP contribution in [0, 0.1) is 5.82 Å². The molecule has 0 amide bonds. The maximum absolute atomic E-state index is 14.2. The number of likely N-dealkylation sites (N-methyl/N-ethyl adjacent to an activating group) is 1. The lowest BCUT2D eigenvalue weighted by molar-refractivity contribution is 0.476. The van der Waals surface area contributed by atoms with E-state index in [-0.39, 0.29) is 17.8 Å². The molecular formula is C16H17BrFN. The number of rotatable bonds is 4. The van der Waals surface area contributed by atoms with Gasteiger partial charge >= 0.3 is 0 Å². The number of benzene rings is 2. The molecule has 2 aromatic rings. The third-order valence-corrected chi connectivity index (χ3v) is 4.07. The first-order valence-corrected chi connectivity index (χ1v) is 7.10. The lowest BCUT2D eigenvalue weighted by Gasteiger charge is -2.25. The van der Waals surface area contributed by atoms with Gasteiger partial charge in [-0.15, -0.1) is 0 Å². The molecule has 0 saturated carbocycles. The minimum Gasteiger partial charge on any atom is -0.312 e. The van der Waals surface area contributed by atoms with Crippen molar-refractivity contribution in [1.82, 2.24) is 5.32 Å². The lowest BCUT2D eigenvalue weighted by Crippen LogP contribution is -2.23. The Balaban J connectivity index is 2.37. The van der Waals surface area contributed by atoms with E-state index >= 15 is 0 Å². The normalized spacial score (nSPS) is 14.1. The van der Waals surface area contributed by atoms with Crippen molar-refractivity contribution in [3.05, 3.63) is 69.9 Å². The second-order valence-electron chi connectivity index (χ2n) is 4.61. The SMILES string of the molecule is CNC(c1cccc(Br)c1F)C(C)c1ccccc1. The van der Waals surface area contributed by atoms with Crippen LogP contribution in [0.5, 0.6) is 0 Å². The van der Waals surface area contributed by atoms with Crippen molar-refractivity contribution in [3.8, 4) is 0 Å². The van der Waals surface area contributed by atoms with Crippen molar-refractivity contribution >= 4 is 15.9 Å². The van der Waals surface area contributed by atoms with Crippen LogP contribution in [0.3, 0.4) is 0 Å². The van der Waals surface area contributed by atoms with Crippen LogP contribution in [-0.4, -0.2) is 7.05 Å². The fraction of sp³-hybridized carbons (Fsp3) is 0.250. The van der Waals surface area contributed by atoms with Gasteiger partial charge in [0.1, 0.15) is 5.82 Å². The Labute approximate surface area is 122 Å². The number of hydrogen-bond acceptors (Lipinski definition) is 1. The maximum atomic E-state index is 14.2. The number of halogens is 2. The highest BCUT2D eigenvalue weighted by Gasteiger charge is 2.22. The smallest absolute Gasteiger partial charge is 0.142 e. The quantitative estimate of drug-likeness (QED) is 0.864. The average Bonchev–Trinajstić information content (AvgIpc) is 2.45. The summed E-state index contributed by atoms with van der Waals surface area (Å²) >= 11 is 3.25. The van der Waals surface area contributed by atoms with E-state index in [4.69, 9.17) is 0 Å². The third-order valence-electron chi connectivity index (χ3n) is 3.45. The van der Waals surface area contributed by atoms with Gasteiger partial charge in [0.05, 0.1) is 4.47 Å². The van der Waals surface area contributed by atoms with Crippen LogP contribution in [-0.2, 0) is 0 Å². The zero-order valence-electron chi connectivity index (χ0n) is 11.0. The van der Waals surface area contributed by atoms with E-state index in [1.54, 1.807) is 6.07 Å². The Morgan fingerprint density at radius 1 is 1.05 bits per heavy atom. The highest BCUT2D eigenvalue weighted by molar-refractivity contribution is 9.10. The summed E-state index contributed by atoms with van der Waals surface area (Å²) in [6.07, 6.45) is 0. The van der Waals surface area contributed by atoms with Crippen molar-refractivity contribution in [2.75, 3.05) is 7.05 Å². The predicted octanol–water partition coefficient (Wildman–Crippen LogP) is 4.65. The Kier molecular flexibility index (Phi) is 4.72. The van der Waals surface area contributed by atoms with Crippen LogP contribution in [0.15, 0.2) is 53.0 Å². The first-order valence-electron chi connectivity index (χ1n) is 6.31. The fourth-order valence-electron chi connectivity index (χ4n) is 2.38. The van der Waals surface area contributed by atoms with Crippen molar-refractivity contribution in [2.45, 2.75) is 18.9 Å². The second-order valence-corrected chi connectivity index (χ2v) is 5.46. The molecule has 0 aliphatic heterocycles. The predicted molar refractivity (Wildman–Crippen MR) is 80.8 cm³/mol. The molecule has 2 unspecified atom stereocenters. The summed E-state index contributed by atoms with van der Waals surface area (Å²) in [5.74, 6) is -0.000342. The Morgan fingerprint density at radius 2 is 1.74 bits per heavy atom. The zero-order valence-corrected chi connectivity index (χ0v) is 12.6. The van der Waals surface area contributed by atoms with E-state index in [0.29, 0.717) is 10.0 Å². The molecule has 2 aromatic carbocycles. The van der Waals surface area contributed by atoms with E-state index in [0.717, 1.165) is 0 Å². The monoisotopic (exact) mass is 321 g/mol. The Bertz CT molecular complexity index is 542. The summed E-state index contributed by atoms with van der Waals surface area (Å²) in [4.78, 5) is 0. The largest absolute Gasteiger partial charge is 0.312 e. The van der Waals surface area contributed by atoms with Crippen LogP contribution in [0.1, 0.15) is 30.0 Å². The number of hydrogen-bond donors (Lipinski definition) is 1. The van der Waals surface area contributed by atoms with Gasteiger partial charge in [-0.3, -0.25) is 0 Å². The van der Waals surface area contributed by atoms with Crippen molar-refractivity contribution in [3.63, 3.8) is 0 Å². The molecule has 1 N–H and O–H groups in total. The van der Waals surface area contributed by atoms with Gasteiger partial charge in [-0.1, -0.05) is 49.4 Å². The number of nitrogens with one attached hydrogen (secondary N) is 1. The Morgan fingerprint density at radius 3 is 2.37 bits per heavy atom. The van der Waals surface area contributed by atoms with Crippen molar-refractivity contribution in [1.29, 1.82) is 0 Å². The summed E-state index contributed by atoms with van der Waals surface area (Å²) in [5, 5.41) is 3.22. The molecule has 1 nitrogen and oxygen atoms in total. The summed E-state index contributed by atoms with van der Waals surface area (Å²) in [5.41, 5.74) is 1.88. The van der Waals surface area contributed by atoms with E-state index in [1.165, 1.54) is 5.56 Å². The van der Waals surface area contributed by atoms with Gasteiger partial charge < -0.3 is 5.32 Å². The third kappa shape index (κ3) is 3.04. The summed E-state index contributed by atoms with van der Waals surface area (Å²) < 4.78 is 14.7. The molecule has 0 aliphatic rings. The van der Waals surface area contributed by atoms with Gasteiger partial charge in [-0.05, 0) is 34.6 Å². The molecule has 3 heteroatoms. The van der Waals surface area contributed by atoms with Gasteiger partial charge in [0, 0.05) is 17.5 Å². The summed E-state index contributed by atoms with van der Waals surface area (Å²) in [6.45, 7) is 2.11. The van der Waals surface area contributed by atoms with Crippen LogP contribution in [0.4, 0.5) is 4.39 Å². The van der Waals surface area contributed by atoms with Crippen molar-refractivity contribution < 1.29 is 4.39 Å². The van der Waals surface area contributed by atoms with Gasteiger partial charge in [-0.25, -0.2) is 4.39 Å². The van der Waals surface area contributed by atoms with E-state index < -0.39 is 0 Å². The van der Waals surface area contributed by atoms with Crippen LogP contribution >= 0.6 is 15.9 Å². The fourth-order valence-corrected chi connectivity index (χ4v) is 2.77. The molecule has 0 fully saturated rings. The molecule has 0 aliphatic carbocycles. The molecule has 2 atom stereocenters. The topological polar surface area (TPSA) is 12.0 Å². The highest BCUT2D eigenvalue weighted by atomic mass is 79.9. The molecule has 0 aromatic heterocycles. The zero-order chi connectivity index (χ0) is 13.8. The van der Waals surface area contributed by atoms with E-state index in [1.807, 2.05) is 37.4 Å². The highest BCUT2D eigenvalue weighted by Crippen LogP contribution is 2.33. The molecule has 0 saturated heterocycles. The summed E-state index contributed by atoms with van der Waals surface area (Å²) in [7, 11) is 1.87. The van der Waals surface area contributed by atoms with Gasteiger partial charge in [-0.2, -0.15) is 0 Å². The molecule has 100 valence electrons. The van der Waals surface area contributed by atoms with Crippen LogP contribution < -0.4 is 5.32 Å². The van der Waals surface area contributed by atoms with Gasteiger partial charge in [0.2, 0.25) is 0 Å². The first kappa shape index (κ1) is 14.2. The van der Waals surface area contributed by atoms with E-state index in [9.17, 15) is 4.39 Å². The van der Waals surface area contributed by atoms with E-state index in [2.05, 4.69) is 40.3 Å². The molecule has 0 radical (unpaired) electrons. The molecule has 2 rings (SSSR count). The molecule has 19 heavy (non-hydrogen) atoms. The average molecular weight is 322 g/mol. The molecular weight excluding hydrogens is 305 g/mol. The minimum absolute atomic E-state index is 0.0556. The Hall–Kier alpha value is -1.19. The van der Waals surface area contributed by atoms with Crippen LogP contribution in [0.2, 0.25) is 0 Å². The minimum atomic E-state index is -0.190. The first-order chi connectivity index (χ1) is 9.15. The second kappa shape index (κ2) is 6.31. The lowest BCUT2D eigenvalue weighted by atomic mass is 9.88. The maximum Gasteiger partial charge on any atom is 0.142 e. The standard InChI is InChI=1S/C16H17BrFN/c1-11(12-7-4-3-5-8-12)16(19-2)13-9-6-10-14(17)15(13)18/h3-11,16,19H,1-2H3. The summed E-state index contributed by atoms with van der Waals surface area (Å²) in [6, 6.07) is 15.5. The molecule has 0 heterocycles. The molecule has 0 spiro atoms. The van der Waals surface area contributed by atoms with Gasteiger partial charge in [0.25, 0.3) is 0 Å². The molecule has 0 bridgehead atoms. The van der Waals surface area contributed by atoms with Crippen molar-refractivity contribution in [2.24, 2.45) is 0 Å².